The van der Waals surface area contributed by atoms with E-state index in [0.29, 0.717) is 26.1 Å². The molecule has 6 N–H and O–H groups in total. The zero-order valence-electron chi connectivity index (χ0n) is 14.5. The normalized spacial score (nSPS) is 13.8. The summed E-state index contributed by atoms with van der Waals surface area (Å²) in [5, 5.41) is 50.5. The molecule has 9 heteroatoms. The van der Waals surface area contributed by atoms with Crippen LogP contribution in [-0.4, -0.2) is 109 Å². The van der Waals surface area contributed by atoms with Crippen molar-refractivity contribution in [1.82, 2.24) is 10.2 Å². The summed E-state index contributed by atoms with van der Waals surface area (Å²) in [5.74, 6) is 0. The van der Waals surface area contributed by atoms with Gasteiger partial charge in [0, 0.05) is 27.3 Å². The molecule has 0 saturated carbocycles. The number of methoxy groups -OCH3 is 2. The van der Waals surface area contributed by atoms with Gasteiger partial charge in [-0.1, -0.05) is 0 Å². The van der Waals surface area contributed by atoms with Gasteiger partial charge in [0.2, 0.25) is 0 Å². The zero-order chi connectivity index (χ0) is 18.4. The van der Waals surface area contributed by atoms with Crippen molar-refractivity contribution in [3.05, 3.63) is 12.3 Å². The second-order valence-corrected chi connectivity index (χ2v) is 5.39. The third kappa shape index (κ3) is 7.41. The molecule has 0 spiro atoms. The van der Waals surface area contributed by atoms with Crippen LogP contribution < -0.4 is 5.32 Å². The smallest absolute Gasteiger partial charge is 0.186 e. The minimum Gasteiger partial charge on any atom is -0.395 e. The van der Waals surface area contributed by atoms with Crippen LogP contribution in [0.25, 0.3) is 0 Å². The first kappa shape index (κ1) is 23.2. The van der Waals surface area contributed by atoms with Crippen molar-refractivity contribution in [3.8, 4) is 0 Å². The lowest BCUT2D eigenvalue weighted by Crippen LogP contribution is -2.55. The van der Waals surface area contributed by atoms with Gasteiger partial charge >= 0.3 is 0 Å². The Morgan fingerprint density at radius 1 is 1.04 bits per heavy atom. The van der Waals surface area contributed by atoms with Gasteiger partial charge in [-0.05, 0) is 25.2 Å². The van der Waals surface area contributed by atoms with E-state index in [1.54, 1.807) is 4.90 Å². The summed E-state index contributed by atoms with van der Waals surface area (Å²) in [6.07, 6.45) is 1.66. The molecule has 0 aliphatic rings. The number of rotatable bonds is 15. The van der Waals surface area contributed by atoms with Crippen LogP contribution in [0, 0.1) is 0 Å². The quantitative estimate of drug-likeness (QED) is 0.139. The number of aliphatic hydroxyl groups is 5. The van der Waals surface area contributed by atoms with Crippen LogP contribution in [0.15, 0.2) is 12.3 Å². The maximum Gasteiger partial charge on any atom is 0.186 e. The number of hydrogen-bond acceptors (Lipinski definition) is 9. The Bertz CT molecular complexity index is 315. The molecule has 0 aromatic carbocycles. The van der Waals surface area contributed by atoms with Crippen molar-refractivity contribution in [2.45, 2.75) is 24.4 Å². The fraction of sp³-hybridized carbons (Fsp3) is 0.867. The molecule has 0 unspecified atom stereocenters. The fourth-order valence-electron chi connectivity index (χ4n) is 2.13. The van der Waals surface area contributed by atoms with Gasteiger partial charge in [0.1, 0.15) is 11.6 Å². The number of aliphatic hydroxyl groups excluding tert-OH is 5. The molecule has 0 bridgehead atoms. The Kier molecular flexibility index (Phi) is 13.1. The standard InChI is InChI=1S/C15H32N2O7/c1-23-14(24-2)13(22)4-8-17(7-3-5-16-6-9-18)15(10-19,11-20)12-21/h4,8,13-14,16,18-22H,3,5-7,9-12H2,1-2H3/b8-4-/t13-/m0/s1. The molecule has 0 aromatic heterocycles. The Balaban J connectivity index is 4.96. The lowest BCUT2D eigenvalue weighted by molar-refractivity contribution is -0.150. The average molecular weight is 352 g/mol. The van der Waals surface area contributed by atoms with Gasteiger partial charge in [-0.2, -0.15) is 0 Å². The van der Waals surface area contributed by atoms with E-state index >= 15 is 0 Å². The highest BCUT2D eigenvalue weighted by molar-refractivity contribution is 4.99. The van der Waals surface area contributed by atoms with Crippen molar-refractivity contribution >= 4 is 0 Å². The van der Waals surface area contributed by atoms with Gasteiger partial charge in [-0.15, -0.1) is 0 Å². The number of ether oxygens (including phenoxy) is 2. The molecule has 144 valence electrons. The average Bonchev–Trinajstić information content (AvgIpc) is 2.61. The van der Waals surface area contributed by atoms with Crippen LogP contribution in [0.2, 0.25) is 0 Å². The second-order valence-electron chi connectivity index (χ2n) is 5.39. The van der Waals surface area contributed by atoms with E-state index in [1.807, 2.05) is 0 Å². The molecule has 0 aliphatic heterocycles. The van der Waals surface area contributed by atoms with Crippen molar-refractivity contribution in [2.24, 2.45) is 0 Å². The van der Waals surface area contributed by atoms with E-state index in [4.69, 9.17) is 14.6 Å². The largest absolute Gasteiger partial charge is 0.395 e. The van der Waals surface area contributed by atoms with Crippen LogP contribution in [0.5, 0.6) is 0 Å². The van der Waals surface area contributed by atoms with Gasteiger partial charge in [-0.3, -0.25) is 0 Å². The molecule has 0 saturated heterocycles. The van der Waals surface area contributed by atoms with Gasteiger partial charge in [-0.25, -0.2) is 0 Å². The van der Waals surface area contributed by atoms with E-state index in [1.165, 1.54) is 26.5 Å². The molecular weight excluding hydrogens is 320 g/mol. The summed E-state index contributed by atoms with van der Waals surface area (Å²) in [4.78, 5) is 1.58. The number of hydrogen-bond donors (Lipinski definition) is 6. The summed E-state index contributed by atoms with van der Waals surface area (Å²) < 4.78 is 9.92. The first-order valence-corrected chi connectivity index (χ1v) is 7.88. The molecule has 24 heavy (non-hydrogen) atoms. The van der Waals surface area contributed by atoms with Crippen LogP contribution in [-0.2, 0) is 9.47 Å². The molecule has 0 amide bonds. The highest BCUT2D eigenvalue weighted by atomic mass is 16.7. The Labute approximate surface area is 143 Å². The number of nitrogens with one attached hydrogen (secondary N) is 1. The molecule has 9 nitrogen and oxygen atoms in total. The predicted octanol–water partition coefficient (Wildman–Crippen LogP) is -2.53. The Morgan fingerprint density at radius 2 is 1.62 bits per heavy atom. The van der Waals surface area contributed by atoms with Crippen LogP contribution >= 0.6 is 0 Å². The van der Waals surface area contributed by atoms with Gasteiger partial charge < -0.3 is 45.2 Å². The van der Waals surface area contributed by atoms with Crippen LogP contribution in [0.4, 0.5) is 0 Å². The summed E-state index contributed by atoms with van der Waals surface area (Å²) in [6.45, 7) is 0.175. The maximum absolute atomic E-state index is 9.99. The lowest BCUT2D eigenvalue weighted by Gasteiger charge is -2.40. The Hall–Kier alpha value is -0.780. The van der Waals surface area contributed by atoms with Crippen LogP contribution in [0.1, 0.15) is 6.42 Å². The summed E-state index contributed by atoms with van der Waals surface area (Å²) in [5.41, 5.74) is -1.25. The molecule has 1 atom stereocenters. The molecule has 0 radical (unpaired) electrons. The summed E-state index contributed by atoms with van der Waals surface area (Å²) in [6, 6.07) is 0. The summed E-state index contributed by atoms with van der Waals surface area (Å²) >= 11 is 0. The van der Waals surface area contributed by atoms with Crippen molar-refractivity contribution < 1.29 is 35.0 Å². The third-order valence-electron chi connectivity index (χ3n) is 3.74. The Morgan fingerprint density at radius 3 is 2.08 bits per heavy atom. The fourth-order valence-corrected chi connectivity index (χ4v) is 2.13. The van der Waals surface area contributed by atoms with Crippen molar-refractivity contribution in [2.75, 3.05) is 60.3 Å². The van der Waals surface area contributed by atoms with Crippen molar-refractivity contribution in [1.29, 1.82) is 0 Å². The minimum absolute atomic E-state index is 0.0408. The lowest BCUT2D eigenvalue weighted by atomic mass is 10.0. The predicted molar refractivity (Wildman–Crippen MR) is 88.2 cm³/mol. The van der Waals surface area contributed by atoms with E-state index in [-0.39, 0.29) is 6.61 Å². The zero-order valence-corrected chi connectivity index (χ0v) is 14.5. The topological polar surface area (TPSA) is 135 Å². The van der Waals surface area contributed by atoms with Gasteiger partial charge in [0.05, 0.1) is 26.4 Å². The third-order valence-corrected chi connectivity index (χ3v) is 3.74. The molecule has 0 heterocycles. The summed E-state index contributed by atoms with van der Waals surface area (Å²) in [7, 11) is 2.80. The van der Waals surface area contributed by atoms with E-state index in [2.05, 4.69) is 5.32 Å². The number of nitrogens with zero attached hydrogens (tertiary/aromatic N) is 1. The highest BCUT2D eigenvalue weighted by Gasteiger charge is 2.33. The SMILES string of the molecule is COC(OC)[C@@H](O)/C=C\N(CCCNCCO)C(CO)(CO)CO. The van der Waals surface area contributed by atoms with Crippen molar-refractivity contribution in [3.63, 3.8) is 0 Å². The molecular formula is C15H32N2O7. The second kappa shape index (κ2) is 13.5. The molecule has 0 rings (SSSR count). The van der Waals surface area contributed by atoms with E-state index in [9.17, 15) is 20.4 Å². The van der Waals surface area contributed by atoms with E-state index < -0.39 is 37.8 Å². The highest BCUT2D eigenvalue weighted by Crippen LogP contribution is 2.16. The van der Waals surface area contributed by atoms with Gasteiger partial charge in [0.15, 0.2) is 6.29 Å². The minimum atomic E-state index is -1.25. The van der Waals surface area contributed by atoms with Crippen LogP contribution in [0.3, 0.4) is 0 Å². The monoisotopic (exact) mass is 352 g/mol. The molecule has 0 aliphatic carbocycles. The maximum atomic E-state index is 9.99. The first-order chi connectivity index (χ1) is 11.5. The molecule has 0 aromatic rings. The van der Waals surface area contributed by atoms with Gasteiger partial charge in [0.25, 0.3) is 0 Å². The first-order valence-electron chi connectivity index (χ1n) is 7.88. The van der Waals surface area contributed by atoms with E-state index in [0.717, 1.165) is 0 Å². The molecule has 0 fully saturated rings.